The number of carbonyl (C=O) groups excluding carboxylic acids is 2. The Labute approximate surface area is 166 Å². The van der Waals surface area contributed by atoms with Crippen molar-refractivity contribution < 1.29 is 14.3 Å². The van der Waals surface area contributed by atoms with Crippen molar-refractivity contribution in [2.75, 3.05) is 0 Å². The van der Waals surface area contributed by atoms with Crippen LogP contribution >= 0.6 is 23.2 Å². The van der Waals surface area contributed by atoms with Crippen LogP contribution in [0.15, 0.2) is 47.6 Å². The monoisotopic (exact) mass is 405 g/mol. The largest absolute Gasteiger partial charge is 0.489 e. The number of benzene rings is 2. The van der Waals surface area contributed by atoms with Crippen LogP contribution in [-0.4, -0.2) is 24.1 Å². The quantitative estimate of drug-likeness (QED) is 0.439. The van der Waals surface area contributed by atoms with Crippen LogP contribution in [0.2, 0.25) is 10.0 Å². The van der Waals surface area contributed by atoms with Gasteiger partial charge in [-0.1, -0.05) is 41.4 Å². The van der Waals surface area contributed by atoms with Gasteiger partial charge >= 0.3 is 11.8 Å². The third-order valence-electron chi connectivity index (χ3n) is 3.75. The lowest BCUT2D eigenvalue weighted by molar-refractivity contribution is -0.139. The number of nitrogens with zero attached hydrogens (tertiary/aromatic N) is 1. The number of amides is 2. The minimum Gasteiger partial charge on any atom is -0.489 e. The van der Waals surface area contributed by atoms with Crippen molar-refractivity contribution in [3.05, 3.63) is 63.6 Å². The summed E-state index contributed by atoms with van der Waals surface area (Å²) in [5, 5.41) is 7.35. The molecule has 1 aliphatic carbocycles. The highest BCUT2D eigenvalue weighted by atomic mass is 35.5. The molecule has 0 aromatic heterocycles. The SMILES string of the molecule is O=C(N/N=C\c1cccc(OCc2ccc(Cl)c(Cl)c2)c1)C(=O)NC1CC1. The van der Waals surface area contributed by atoms with Gasteiger partial charge in [-0.3, -0.25) is 9.59 Å². The minimum atomic E-state index is -0.787. The fourth-order valence-electron chi connectivity index (χ4n) is 2.18. The van der Waals surface area contributed by atoms with Gasteiger partial charge in [0.15, 0.2) is 0 Å². The Kier molecular flexibility index (Phi) is 6.32. The summed E-state index contributed by atoms with van der Waals surface area (Å²) < 4.78 is 5.73. The van der Waals surface area contributed by atoms with Crippen molar-refractivity contribution in [1.82, 2.24) is 10.7 Å². The summed E-state index contributed by atoms with van der Waals surface area (Å²) in [4.78, 5) is 23.1. The fourth-order valence-corrected chi connectivity index (χ4v) is 2.50. The molecule has 0 spiro atoms. The molecule has 2 aromatic carbocycles. The molecule has 27 heavy (non-hydrogen) atoms. The summed E-state index contributed by atoms with van der Waals surface area (Å²) in [6.45, 7) is 0.329. The lowest BCUT2D eigenvalue weighted by Crippen LogP contribution is -2.38. The Hall–Kier alpha value is -2.57. The molecule has 0 radical (unpaired) electrons. The Morgan fingerprint density at radius 2 is 1.93 bits per heavy atom. The molecule has 6 nitrogen and oxygen atoms in total. The smallest absolute Gasteiger partial charge is 0.329 e. The van der Waals surface area contributed by atoms with Crippen molar-refractivity contribution >= 4 is 41.2 Å². The van der Waals surface area contributed by atoms with E-state index >= 15 is 0 Å². The van der Waals surface area contributed by atoms with Gasteiger partial charge in [0.1, 0.15) is 12.4 Å². The molecule has 140 valence electrons. The number of hydrogen-bond acceptors (Lipinski definition) is 4. The van der Waals surface area contributed by atoms with Crippen LogP contribution in [0.4, 0.5) is 0 Å². The number of nitrogens with one attached hydrogen (secondary N) is 2. The van der Waals surface area contributed by atoms with Crippen LogP contribution in [0.25, 0.3) is 0 Å². The first kappa shape index (κ1) is 19.2. The molecule has 2 aromatic rings. The first-order valence-corrected chi connectivity index (χ1v) is 9.07. The zero-order chi connectivity index (χ0) is 19.2. The van der Waals surface area contributed by atoms with Crippen LogP contribution in [-0.2, 0) is 16.2 Å². The molecule has 2 amide bonds. The van der Waals surface area contributed by atoms with Crippen LogP contribution in [0.3, 0.4) is 0 Å². The second-order valence-corrected chi connectivity index (χ2v) is 6.87. The highest BCUT2D eigenvalue weighted by Gasteiger charge is 2.26. The predicted octanol–water partition coefficient (Wildman–Crippen LogP) is 3.30. The normalized spacial score (nSPS) is 13.4. The topological polar surface area (TPSA) is 79.8 Å². The summed E-state index contributed by atoms with van der Waals surface area (Å²) in [6.07, 6.45) is 3.27. The van der Waals surface area contributed by atoms with Crippen molar-refractivity contribution in [2.45, 2.75) is 25.5 Å². The number of halogens is 2. The maximum atomic E-state index is 11.6. The van der Waals surface area contributed by atoms with Gasteiger partial charge in [-0.15, -0.1) is 0 Å². The number of carbonyl (C=O) groups is 2. The maximum absolute atomic E-state index is 11.6. The van der Waals surface area contributed by atoms with E-state index in [1.54, 1.807) is 36.4 Å². The van der Waals surface area contributed by atoms with Crippen molar-refractivity contribution in [3.8, 4) is 5.75 Å². The summed E-state index contributed by atoms with van der Waals surface area (Å²) in [5.41, 5.74) is 3.80. The van der Waals surface area contributed by atoms with Gasteiger partial charge in [-0.2, -0.15) is 5.10 Å². The van der Waals surface area contributed by atoms with Gasteiger partial charge in [-0.05, 0) is 48.2 Å². The van der Waals surface area contributed by atoms with Crippen LogP contribution in [0, 0.1) is 0 Å². The summed E-state index contributed by atoms with van der Waals surface area (Å²) >= 11 is 11.9. The highest BCUT2D eigenvalue weighted by Crippen LogP contribution is 2.23. The summed E-state index contributed by atoms with van der Waals surface area (Å²) in [7, 11) is 0. The zero-order valence-corrected chi connectivity index (χ0v) is 15.8. The van der Waals surface area contributed by atoms with E-state index in [0.29, 0.717) is 28.0 Å². The molecule has 1 aliphatic rings. The molecule has 0 aliphatic heterocycles. The minimum absolute atomic E-state index is 0.122. The molecular formula is C19H17Cl2N3O3. The zero-order valence-electron chi connectivity index (χ0n) is 14.2. The third-order valence-corrected chi connectivity index (χ3v) is 4.49. The van der Waals surface area contributed by atoms with Crippen LogP contribution in [0.5, 0.6) is 5.75 Å². The number of ether oxygens (including phenoxy) is 1. The second-order valence-electron chi connectivity index (χ2n) is 6.06. The highest BCUT2D eigenvalue weighted by molar-refractivity contribution is 6.42. The number of hydrazone groups is 1. The van der Waals surface area contributed by atoms with Crippen molar-refractivity contribution in [1.29, 1.82) is 0 Å². The second kappa shape index (κ2) is 8.88. The Morgan fingerprint density at radius 1 is 1.11 bits per heavy atom. The molecule has 0 atom stereocenters. The molecule has 0 saturated heterocycles. The molecule has 8 heteroatoms. The fraction of sp³-hybridized carbons (Fsp3) is 0.211. The molecule has 0 bridgehead atoms. The Morgan fingerprint density at radius 3 is 2.67 bits per heavy atom. The Balaban J connectivity index is 1.52. The van der Waals surface area contributed by atoms with E-state index in [9.17, 15) is 9.59 Å². The molecular weight excluding hydrogens is 389 g/mol. The van der Waals surface area contributed by atoms with Gasteiger partial charge in [0.25, 0.3) is 0 Å². The summed E-state index contributed by atoms with van der Waals surface area (Å²) in [6, 6.07) is 12.6. The standard InChI is InChI=1S/C19H17Cl2N3O3/c20-16-7-4-13(9-17(16)21)11-27-15-3-1-2-12(8-15)10-22-24-19(26)18(25)23-14-5-6-14/h1-4,7-10,14H,5-6,11H2,(H,23,25)(H,24,26)/b22-10-. The number of hydrogen-bond donors (Lipinski definition) is 2. The molecule has 0 unspecified atom stereocenters. The number of rotatable bonds is 6. The lowest BCUT2D eigenvalue weighted by Gasteiger charge is -2.08. The molecule has 3 rings (SSSR count). The predicted molar refractivity (Wildman–Crippen MR) is 104 cm³/mol. The van der Waals surface area contributed by atoms with Gasteiger partial charge in [0, 0.05) is 6.04 Å². The van der Waals surface area contributed by atoms with Gasteiger partial charge < -0.3 is 10.1 Å². The maximum Gasteiger partial charge on any atom is 0.329 e. The molecule has 1 saturated carbocycles. The molecule has 0 heterocycles. The third kappa shape index (κ3) is 5.98. The van der Waals surface area contributed by atoms with E-state index in [-0.39, 0.29) is 6.04 Å². The van der Waals surface area contributed by atoms with E-state index < -0.39 is 11.8 Å². The van der Waals surface area contributed by atoms with Crippen LogP contribution in [0.1, 0.15) is 24.0 Å². The van der Waals surface area contributed by atoms with Gasteiger partial charge in [0.05, 0.1) is 16.3 Å². The molecule has 1 fully saturated rings. The van der Waals surface area contributed by atoms with Crippen molar-refractivity contribution in [3.63, 3.8) is 0 Å². The average molecular weight is 406 g/mol. The lowest BCUT2D eigenvalue weighted by atomic mass is 10.2. The van der Waals surface area contributed by atoms with E-state index in [1.165, 1.54) is 6.21 Å². The van der Waals surface area contributed by atoms with E-state index in [4.69, 9.17) is 27.9 Å². The van der Waals surface area contributed by atoms with Gasteiger partial charge in [0.2, 0.25) is 0 Å². The first-order valence-electron chi connectivity index (χ1n) is 8.32. The average Bonchev–Trinajstić information content (AvgIpc) is 3.47. The van der Waals surface area contributed by atoms with Crippen molar-refractivity contribution in [2.24, 2.45) is 5.10 Å². The molecule has 2 N–H and O–H groups in total. The van der Waals surface area contributed by atoms with E-state index in [2.05, 4.69) is 15.8 Å². The van der Waals surface area contributed by atoms with E-state index in [1.807, 2.05) is 6.07 Å². The van der Waals surface area contributed by atoms with Gasteiger partial charge in [-0.25, -0.2) is 5.43 Å². The first-order chi connectivity index (χ1) is 13.0. The van der Waals surface area contributed by atoms with E-state index in [0.717, 1.165) is 18.4 Å². The Bertz CT molecular complexity index is 882. The summed E-state index contributed by atoms with van der Waals surface area (Å²) in [5.74, 6) is -0.832. The van der Waals surface area contributed by atoms with Crippen LogP contribution < -0.4 is 15.5 Å².